The Bertz CT molecular complexity index is 673. The molecule has 3 aromatic heterocycles. The Balaban J connectivity index is 2.24. The standard InChI is InChI=1S/C12H12N4S2/c1-2-8-5-9-11(16-13)14-10(15-12(9)18-8)7-3-4-17-6-7/h3-6H,2,13H2,1H3,(H,14,15,16). The summed E-state index contributed by atoms with van der Waals surface area (Å²) in [4.78, 5) is 11.4. The highest BCUT2D eigenvalue weighted by atomic mass is 32.1. The SMILES string of the molecule is CCc1cc2c(NN)nc(-c3ccsc3)nc2s1. The molecule has 0 spiro atoms. The van der Waals surface area contributed by atoms with E-state index in [4.69, 9.17) is 5.84 Å². The van der Waals surface area contributed by atoms with E-state index in [0.717, 1.165) is 28.0 Å². The highest BCUT2D eigenvalue weighted by molar-refractivity contribution is 7.18. The highest BCUT2D eigenvalue weighted by Crippen LogP contribution is 2.31. The first kappa shape index (κ1) is 11.6. The molecule has 6 heteroatoms. The van der Waals surface area contributed by atoms with Gasteiger partial charge in [0.15, 0.2) is 11.6 Å². The van der Waals surface area contributed by atoms with Gasteiger partial charge in [0, 0.05) is 15.8 Å². The van der Waals surface area contributed by atoms with Gasteiger partial charge in [0.2, 0.25) is 0 Å². The lowest BCUT2D eigenvalue weighted by molar-refractivity contribution is 1.18. The summed E-state index contributed by atoms with van der Waals surface area (Å²) in [6, 6.07) is 4.12. The van der Waals surface area contributed by atoms with Crippen molar-refractivity contribution in [3.8, 4) is 11.4 Å². The zero-order chi connectivity index (χ0) is 12.5. The van der Waals surface area contributed by atoms with Gasteiger partial charge in [0.05, 0.1) is 5.39 Å². The average Bonchev–Trinajstić information content (AvgIpc) is 3.05. The normalized spacial score (nSPS) is 11.0. The Morgan fingerprint density at radius 2 is 2.28 bits per heavy atom. The molecule has 4 nitrogen and oxygen atoms in total. The van der Waals surface area contributed by atoms with Crippen LogP contribution in [0.25, 0.3) is 21.6 Å². The van der Waals surface area contributed by atoms with E-state index >= 15 is 0 Å². The van der Waals surface area contributed by atoms with E-state index in [2.05, 4.69) is 28.4 Å². The summed E-state index contributed by atoms with van der Waals surface area (Å²) >= 11 is 3.33. The summed E-state index contributed by atoms with van der Waals surface area (Å²) in [5.41, 5.74) is 3.70. The number of hydrogen-bond acceptors (Lipinski definition) is 6. The minimum Gasteiger partial charge on any atom is -0.308 e. The summed E-state index contributed by atoms with van der Waals surface area (Å²) in [5.74, 6) is 6.97. The van der Waals surface area contributed by atoms with Gasteiger partial charge in [-0.2, -0.15) is 11.3 Å². The largest absolute Gasteiger partial charge is 0.308 e. The van der Waals surface area contributed by atoms with Crippen LogP contribution in [0.3, 0.4) is 0 Å². The Labute approximate surface area is 112 Å². The summed E-state index contributed by atoms with van der Waals surface area (Å²) < 4.78 is 0. The van der Waals surface area contributed by atoms with Crippen molar-refractivity contribution in [3.05, 3.63) is 27.8 Å². The summed E-state index contributed by atoms with van der Waals surface area (Å²) in [5, 5.41) is 5.05. The molecule has 0 unspecified atom stereocenters. The van der Waals surface area contributed by atoms with Crippen LogP contribution < -0.4 is 11.3 Å². The molecule has 0 aromatic carbocycles. The van der Waals surface area contributed by atoms with Crippen molar-refractivity contribution in [2.75, 3.05) is 5.43 Å². The van der Waals surface area contributed by atoms with Gasteiger partial charge in [-0.1, -0.05) is 6.92 Å². The summed E-state index contributed by atoms with van der Waals surface area (Å²) in [7, 11) is 0. The van der Waals surface area contributed by atoms with Crippen LogP contribution in [0, 0.1) is 0 Å². The first-order valence-electron chi connectivity index (χ1n) is 5.61. The quantitative estimate of drug-likeness (QED) is 0.569. The smallest absolute Gasteiger partial charge is 0.164 e. The van der Waals surface area contributed by atoms with Crippen LogP contribution in [0.15, 0.2) is 22.9 Å². The third kappa shape index (κ3) is 1.88. The fourth-order valence-corrected chi connectivity index (χ4v) is 3.38. The number of aromatic nitrogens is 2. The molecule has 0 aliphatic heterocycles. The first-order valence-corrected chi connectivity index (χ1v) is 7.37. The highest BCUT2D eigenvalue weighted by Gasteiger charge is 2.11. The maximum atomic E-state index is 5.56. The zero-order valence-corrected chi connectivity index (χ0v) is 11.4. The Morgan fingerprint density at radius 1 is 1.39 bits per heavy atom. The van der Waals surface area contributed by atoms with Crippen molar-refractivity contribution in [2.45, 2.75) is 13.3 Å². The molecule has 0 amide bonds. The maximum absolute atomic E-state index is 5.56. The lowest BCUT2D eigenvalue weighted by Gasteiger charge is -2.03. The minimum absolute atomic E-state index is 0.692. The molecule has 3 N–H and O–H groups in total. The second-order valence-corrected chi connectivity index (χ2v) is 5.73. The molecule has 0 aliphatic rings. The summed E-state index contributed by atoms with van der Waals surface area (Å²) in [6.07, 6.45) is 0.999. The van der Waals surface area contributed by atoms with Crippen molar-refractivity contribution in [1.82, 2.24) is 9.97 Å². The maximum Gasteiger partial charge on any atom is 0.164 e. The zero-order valence-electron chi connectivity index (χ0n) is 9.80. The number of rotatable bonds is 3. The summed E-state index contributed by atoms with van der Waals surface area (Å²) in [6.45, 7) is 2.13. The van der Waals surface area contributed by atoms with E-state index in [1.807, 2.05) is 16.8 Å². The average molecular weight is 276 g/mol. The molecule has 0 saturated carbocycles. The van der Waals surface area contributed by atoms with Gasteiger partial charge in [0.1, 0.15) is 4.83 Å². The van der Waals surface area contributed by atoms with Crippen LogP contribution in [-0.4, -0.2) is 9.97 Å². The van der Waals surface area contributed by atoms with Gasteiger partial charge in [-0.25, -0.2) is 15.8 Å². The van der Waals surface area contributed by atoms with Crippen molar-refractivity contribution in [1.29, 1.82) is 0 Å². The molecule has 3 aromatic rings. The number of nitrogens with one attached hydrogen (secondary N) is 1. The number of nitrogens with two attached hydrogens (primary N) is 1. The van der Waals surface area contributed by atoms with Crippen LogP contribution in [0.1, 0.15) is 11.8 Å². The van der Waals surface area contributed by atoms with Crippen molar-refractivity contribution in [3.63, 3.8) is 0 Å². The fourth-order valence-electron chi connectivity index (χ4n) is 1.78. The van der Waals surface area contributed by atoms with Crippen molar-refractivity contribution < 1.29 is 0 Å². The lowest BCUT2D eigenvalue weighted by atomic mass is 10.3. The van der Waals surface area contributed by atoms with Gasteiger partial charge in [-0.05, 0) is 23.9 Å². The molecule has 0 fully saturated rings. The monoisotopic (exact) mass is 276 g/mol. The first-order chi connectivity index (χ1) is 8.81. The predicted molar refractivity (Wildman–Crippen MR) is 77.9 cm³/mol. The molecule has 3 rings (SSSR count). The number of nitrogen functional groups attached to an aromatic ring is 1. The van der Waals surface area contributed by atoms with Gasteiger partial charge in [0.25, 0.3) is 0 Å². The van der Waals surface area contributed by atoms with E-state index in [1.54, 1.807) is 22.7 Å². The van der Waals surface area contributed by atoms with Gasteiger partial charge < -0.3 is 5.43 Å². The number of thiophene rings is 2. The number of hydrogen-bond donors (Lipinski definition) is 2. The Hall–Kier alpha value is -1.50. The molecule has 0 atom stereocenters. The number of anilines is 1. The fraction of sp³-hybridized carbons (Fsp3) is 0.167. The molecular weight excluding hydrogens is 264 g/mol. The molecule has 92 valence electrons. The van der Waals surface area contributed by atoms with Crippen molar-refractivity contribution in [2.24, 2.45) is 5.84 Å². The third-order valence-corrected chi connectivity index (χ3v) is 4.56. The topological polar surface area (TPSA) is 63.8 Å². The molecule has 0 radical (unpaired) electrons. The van der Waals surface area contributed by atoms with E-state index in [1.165, 1.54) is 4.88 Å². The van der Waals surface area contributed by atoms with Crippen molar-refractivity contribution >= 4 is 38.7 Å². The molecule has 18 heavy (non-hydrogen) atoms. The van der Waals surface area contributed by atoms with Crippen LogP contribution in [-0.2, 0) is 6.42 Å². The molecule has 0 bridgehead atoms. The van der Waals surface area contributed by atoms with Gasteiger partial charge in [-0.15, -0.1) is 11.3 Å². The van der Waals surface area contributed by atoms with Crippen LogP contribution in [0.5, 0.6) is 0 Å². The minimum atomic E-state index is 0.692. The lowest BCUT2D eigenvalue weighted by Crippen LogP contribution is -2.09. The molecule has 0 aliphatic carbocycles. The third-order valence-electron chi connectivity index (χ3n) is 2.71. The second-order valence-electron chi connectivity index (χ2n) is 3.84. The molecule has 0 saturated heterocycles. The predicted octanol–water partition coefficient (Wildman–Crippen LogP) is 3.27. The Morgan fingerprint density at radius 3 is 2.94 bits per heavy atom. The van der Waals surface area contributed by atoms with Crippen LogP contribution in [0.2, 0.25) is 0 Å². The number of hydrazine groups is 1. The number of aryl methyl sites for hydroxylation is 1. The molecular formula is C12H12N4S2. The second kappa shape index (κ2) is 4.64. The van der Waals surface area contributed by atoms with Gasteiger partial charge in [-0.3, -0.25) is 0 Å². The van der Waals surface area contributed by atoms with Crippen LogP contribution in [0.4, 0.5) is 5.82 Å². The van der Waals surface area contributed by atoms with E-state index in [-0.39, 0.29) is 0 Å². The van der Waals surface area contributed by atoms with E-state index in [0.29, 0.717) is 5.82 Å². The molecule has 3 heterocycles. The van der Waals surface area contributed by atoms with E-state index in [9.17, 15) is 0 Å². The van der Waals surface area contributed by atoms with Gasteiger partial charge >= 0.3 is 0 Å². The number of nitrogens with zero attached hydrogens (tertiary/aromatic N) is 2. The van der Waals surface area contributed by atoms with Crippen LogP contribution >= 0.6 is 22.7 Å². The Kier molecular flexibility index (Phi) is 2.99. The number of fused-ring (bicyclic) bond motifs is 1. The van der Waals surface area contributed by atoms with E-state index < -0.39 is 0 Å².